The minimum absolute atomic E-state index is 0.0160. The van der Waals surface area contributed by atoms with Gasteiger partial charge in [-0.05, 0) is 52.4 Å². The van der Waals surface area contributed by atoms with Crippen LogP contribution in [0.3, 0.4) is 0 Å². The number of nitro benzene ring substituents is 1. The second-order valence-electron chi connectivity index (χ2n) is 5.61. The number of nitrogens with one attached hydrogen (secondary N) is 2. The van der Waals surface area contributed by atoms with Crippen LogP contribution >= 0.6 is 39.7 Å². The van der Waals surface area contributed by atoms with Gasteiger partial charge in [-0.1, -0.05) is 17.7 Å². The largest absolute Gasteiger partial charge is 0.332 e. The first kappa shape index (κ1) is 20.2. The van der Waals surface area contributed by atoms with Crippen molar-refractivity contribution >= 4 is 62.1 Å². The molecule has 0 aliphatic carbocycles. The van der Waals surface area contributed by atoms with E-state index in [1.807, 2.05) is 0 Å². The van der Waals surface area contributed by atoms with Crippen LogP contribution in [0.15, 0.2) is 53.1 Å². The van der Waals surface area contributed by atoms with Gasteiger partial charge in [-0.2, -0.15) is 5.10 Å². The van der Waals surface area contributed by atoms with Crippen molar-refractivity contribution in [2.24, 2.45) is 0 Å². The number of nitro groups is 1. The lowest BCUT2D eigenvalue weighted by atomic mass is 10.2. The molecule has 3 aromatic rings. The number of halogens is 3. The standard InChI is InChI=1S/C17H12BrClFN5O2S/c18-13-9-24(8-12-14(19)2-1-3-15(12)20)23-16(13)22-17(28)21-10-4-6-11(7-5-10)25(26)27/h1-7,9H,8H2,(H2,21,22,23,28). The number of hydrogen-bond donors (Lipinski definition) is 2. The van der Waals surface area contributed by atoms with Crippen LogP contribution in [0.4, 0.5) is 21.6 Å². The molecule has 0 amide bonds. The first-order valence-electron chi connectivity index (χ1n) is 7.82. The molecule has 0 spiro atoms. The highest BCUT2D eigenvalue weighted by Crippen LogP contribution is 2.24. The van der Waals surface area contributed by atoms with E-state index < -0.39 is 10.7 Å². The Morgan fingerprint density at radius 2 is 2.00 bits per heavy atom. The second-order valence-corrected chi connectivity index (χ2v) is 7.28. The van der Waals surface area contributed by atoms with Crippen molar-refractivity contribution in [3.05, 3.63) is 79.7 Å². The van der Waals surface area contributed by atoms with Crippen molar-refractivity contribution in [2.45, 2.75) is 6.54 Å². The number of hydrogen-bond acceptors (Lipinski definition) is 4. The fraction of sp³-hybridized carbons (Fsp3) is 0.0588. The van der Waals surface area contributed by atoms with E-state index in [0.717, 1.165) is 0 Å². The van der Waals surface area contributed by atoms with E-state index >= 15 is 0 Å². The highest BCUT2D eigenvalue weighted by atomic mass is 79.9. The number of anilines is 2. The molecule has 2 aromatic carbocycles. The van der Waals surface area contributed by atoms with Crippen LogP contribution in [0.5, 0.6) is 0 Å². The zero-order valence-electron chi connectivity index (χ0n) is 14.0. The summed E-state index contributed by atoms with van der Waals surface area (Å²) >= 11 is 14.7. The molecule has 0 saturated carbocycles. The van der Waals surface area contributed by atoms with Gasteiger partial charge in [-0.25, -0.2) is 4.39 Å². The molecule has 2 N–H and O–H groups in total. The zero-order chi connectivity index (χ0) is 20.3. The van der Waals surface area contributed by atoms with Crippen molar-refractivity contribution in [2.75, 3.05) is 10.6 Å². The maximum atomic E-state index is 13.9. The van der Waals surface area contributed by atoms with Crippen molar-refractivity contribution in [1.29, 1.82) is 0 Å². The quantitative estimate of drug-likeness (QED) is 0.294. The molecule has 11 heteroatoms. The third kappa shape index (κ3) is 4.83. The molecule has 1 heterocycles. The van der Waals surface area contributed by atoms with Crippen LogP contribution < -0.4 is 10.6 Å². The Bertz CT molecular complexity index is 1020. The Balaban J connectivity index is 1.67. The molecule has 7 nitrogen and oxygen atoms in total. The Labute approximate surface area is 177 Å². The summed E-state index contributed by atoms with van der Waals surface area (Å²) in [6.07, 6.45) is 1.67. The van der Waals surface area contributed by atoms with Crippen molar-refractivity contribution in [1.82, 2.24) is 9.78 Å². The van der Waals surface area contributed by atoms with E-state index in [1.165, 1.54) is 28.9 Å². The molecule has 0 atom stereocenters. The van der Waals surface area contributed by atoms with E-state index in [1.54, 1.807) is 24.4 Å². The molecular formula is C17H12BrClFN5O2S. The topological polar surface area (TPSA) is 85.0 Å². The highest BCUT2D eigenvalue weighted by Gasteiger charge is 2.13. The Morgan fingerprint density at radius 3 is 2.64 bits per heavy atom. The summed E-state index contributed by atoms with van der Waals surface area (Å²) in [5.74, 6) is 0.0101. The number of thiocarbonyl (C=S) groups is 1. The molecular weight excluding hydrogens is 473 g/mol. The summed E-state index contributed by atoms with van der Waals surface area (Å²) in [7, 11) is 0. The van der Waals surface area contributed by atoms with E-state index in [9.17, 15) is 14.5 Å². The maximum absolute atomic E-state index is 13.9. The average Bonchev–Trinajstić information content (AvgIpc) is 2.98. The molecule has 0 aliphatic heterocycles. The summed E-state index contributed by atoms with van der Waals surface area (Å²) in [5.41, 5.74) is 0.895. The summed E-state index contributed by atoms with van der Waals surface area (Å²) in [6, 6.07) is 10.3. The van der Waals surface area contributed by atoms with Gasteiger partial charge in [0.1, 0.15) is 5.82 Å². The van der Waals surface area contributed by atoms with Gasteiger partial charge in [-0.15, -0.1) is 0 Å². The molecule has 0 unspecified atom stereocenters. The fourth-order valence-electron chi connectivity index (χ4n) is 2.34. The van der Waals surface area contributed by atoms with Gasteiger partial charge in [0.25, 0.3) is 5.69 Å². The van der Waals surface area contributed by atoms with Crippen LogP contribution in [0.25, 0.3) is 0 Å². The number of nitrogens with zero attached hydrogens (tertiary/aromatic N) is 3. The molecule has 1 aromatic heterocycles. The number of rotatable bonds is 5. The van der Waals surface area contributed by atoms with Crippen molar-refractivity contribution in [3.63, 3.8) is 0 Å². The summed E-state index contributed by atoms with van der Waals surface area (Å²) < 4.78 is 16.1. The van der Waals surface area contributed by atoms with Crippen LogP contribution in [-0.4, -0.2) is 19.8 Å². The molecule has 0 radical (unpaired) electrons. The molecule has 0 bridgehead atoms. The lowest BCUT2D eigenvalue weighted by molar-refractivity contribution is -0.384. The lowest BCUT2D eigenvalue weighted by Crippen LogP contribution is -2.19. The number of benzene rings is 2. The molecule has 28 heavy (non-hydrogen) atoms. The Morgan fingerprint density at radius 1 is 1.29 bits per heavy atom. The SMILES string of the molecule is O=[N+]([O-])c1ccc(NC(=S)Nc2nn(Cc3c(F)cccc3Cl)cc2Br)cc1. The highest BCUT2D eigenvalue weighted by molar-refractivity contribution is 9.10. The second kappa shape index (κ2) is 8.63. The van der Waals surface area contributed by atoms with E-state index in [-0.39, 0.29) is 17.3 Å². The van der Waals surface area contributed by atoms with Crippen LogP contribution in [0, 0.1) is 15.9 Å². The predicted octanol–water partition coefficient (Wildman–Crippen LogP) is 5.20. The van der Waals surface area contributed by atoms with Gasteiger partial charge >= 0.3 is 0 Å². The Hall–Kier alpha value is -2.56. The molecule has 0 fully saturated rings. The van der Waals surface area contributed by atoms with Gasteiger partial charge in [0.05, 0.1) is 15.9 Å². The summed E-state index contributed by atoms with van der Waals surface area (Å²) in [6.45, 7) is 0.147. The van der Waals surface area contributed by atoms with Crippen LogP contribution in [-0.2, 0) is 6.54 Å². The summed E-state index contributed by atoms with van der Waals surface area (Å²) in [4.78, 5) is 10.2. The lowest BCUT2D eigenvalue weighted by Gasteiger charge is -2.09. The molecule has 3 rings (SSSR count). The normalized spacial score (nSPS) is 10.5. The first-order valence-corrected chi connectivity index (χ1v) is 9.39. The van der Waals surface area contributed by atoms with Gasteiger partial charge in [0.2, 0.25) is 0 Å². The first-order chi connectivity index (χ1) is 13.3. The maximum Gasteiger partial charge on any atom is 0.269 e. The minimum atomic E-state index is -0.480. The average molecular weight is 485 g/mol. The smallest absolute Gasteiger partial charge is 0.269 e. The molecule has 0 saturated heterocycles. The van der Waals surface area contributed by atoms with E-state index in [2.05, 4.69) is 31.7 Å². The molecule has 0 aliphatic rings. The fourth-order valence-corrected chi connectivity index (χ4v) is 3.20. The third-order valence-corrected chi connectivity index (χ3v) is 4.81. The summed E-state index contributed by atoms with van der Waals surface area (Å²) in [5, 5.41) is 21.4. The predicted molar refractivity (Wildman–Crippen MR) is 113 cm³/mol. The minimum Gasteiger partial charge on any atom is -0.332 e. The van der Waals surface area contributed by atoms with Gasteiger partial charge < -0.3 is 10.6 Å². The molecule has 144 valence electrons. The number of non-ortho nitro benzene ring substituents is 1. The monoisotopic (exact) mass is 483 g/mol. The van der Waals surface area contributed by atoms with Gasteiger partial charge in [-0.3, -0.25) is 14.8 Å². The van der Waals surface area contributed by atoms with Gasteiger partial charge in [0, 0.05) is 34.6 Å². The van der Waals surface area contributed by atoms with Gasteiger partial charge in [0.15, 0.2) is 10.9 Å². The van der Waals surface area contributed by atoms with Crippen LogP contribution in [0.1, 0.15) is 5.56 Å². The zero-order valence-corrected chi connectivity index (χ0v) is 17.2. The van der Waals surface area contributed by atoms with Crippen molar-refractivity contribution < 1.29 is 9.31 Å². The third-order valence-electron chi connectivity index (χ3n) is 3.67. The number of aromatic nitrogens is 2. The van der Waals surface area contributed by atoms with E-state index in [4.69, 9.17) is 23.8 Å². The van der Waals surface area contributed by atoms with Crippen molar-refractivity contribution in [3.8, 4) is 0 Å². The van der Waals surface area contributed by atoms with Crippen LogP contribution in [0.2, 0.25) is 5.02 Å². The van der Waals surface area contributed by atoms with E-state index in [0.29, 0.717) is 26.6 Å². The Kier molecular flexibility index (Phi) is 6.22.